The molecule has 0 aromatic rings. The summed E-state index contributed by atoms with van der Waals surface area (Å²) in [6, 6.07) is 0. The van der Waals surface area contributed by atoms with Crippen molar-refractivity contribution in [1.82, 2.24) is 4.90 Å². The van der Waals surface area contributed by atoms with Crippen molar-refractivity contribution in [3.8, 4) is 0 Å². The Balaban J connectivity index is 0.00000144. The number of rotatable bonds is 4. The second-order valence-corrected chi connectivity index (χ2v) is 4.56. The van der Waals surface area contributed by atoms with Gasteiger partial charge in [0, 0.05) is 14.2 Å². The number of carbonyl (C=O) groups is 2. The second-order valence-electron chi connectivity index (χ2n) is 3.34. The molecule has 1 fully saturated rings. The number of ether oxygens (including phenoxy) is 2. The smallest absolute Gasteiger partial charge is 0.543 e. The van der Waals surface area contributed by atoms with Gasteiger partial charge >= 0.3 is 29.6 Å². The summed E-state index contributed by atoms with van der Waals surface area (Å²) < 4.78 is 9.99. The van der Waals surface area contributed by atoms with Gasteiger partial charge in [-0.2, -0.15) is 0 Å². The minimum atomic E-state index is -1.38. The van der Waals surface area contributed by atoms with Crippen molar-refractivity contribution in [2.75, 3.05) is 14.2 Å². The normalized spacial score (nSPS) is 22.4. The third-order valence-corrected chi connectivity index (χ3v) is 3.77. The van der Waals surface area contributed by atoms with E-state index in [2.05, 4.69) is 0 Å². The molecule has 0 radical (unpaired) electrons. The molecule has 6 nitrogen and oxygen atoms in total. The van der Waals surface area contributed by atoms with Gasteiger partial charge in [-0.3, -0.25) is 9.69 Å². The molecule has 1 saturated heterocycles. The van der Waals surface area contributed by atoms with Gasteiger partial charge in [0.25, 0.3) is 0 Å². The van der Waals surface area contributed by atoms with E-state index in [-0.39, 0.29) is 46.5 Å². The largest absolute Gasteiger partial charge is 1.00 e. The molecule has 0 unspecified atom stereocenters. The first-order valence-electron chi connectivity index (χ1n) is 4.60. The van der Waals surface area contributed by atoms with Crippen molar-refractivity contribution in [1.29, 1.82) is 0 Å². The van der Waals surface area contributed by atoms with E-state index in [0.29, 0.717) is 11.3 Å². The van der Waals surface area contributed by atoms with E-state index in [0.717, 1.165) is 0 Å². The topological polar surface area (TPSA) is 78.9 Å². The summed E-state index contributed by atoms with van der Waals surface area (Å²) in [5.41, 5.74) is -0.125. The monoisotopic (exact) mass is 267 g/mol. The number of aliphatic carboxylic acids is 1. The van der Waals surface area contributed by atoms with Gasteiger partial charge in [0.05, 0.1) is 28.4 Å². The number of carboxylic acids is 1. The number of fused-ring (bicyclic) bond motifs is 1. The van der Waals surface area contributed by atoms with Crippen LogP contribution in [0, 0.1) is 0 Å². The van der Waals surface area contributed by atoms with Crippen LogP contribution in [-0.2, 0) is 19.1 Å². The summed E-state index contributed by atoms with van der Waals surface area (Å²) in [6.45, 7) is 0. The molecule has 2 aliphatic rings. The average Bonchev–Trinajstić information content (AvgIpc) is 2.54. The van der Waals surface area contributed by atoms with Crippen LogP contribution in [0.4, 0.5) is 0 Å². The van der Waals surface area contributed by atoms with Gasteiger partial charge in [-0.25, -0.2) is 0 Å². The Morgan fingerprint density at radius 2 is 2.12 bits per heavy atom. The molecule has 1 amide bonds. The molecule has 0 spiro atoms. The summed E-state index contributed by atoms with van der Waals surface area (Å²) in [6.07, 6.45) is -0.429. The van der Waals surface area contributed by atoms with E-state index in [1.54, 1.807) is 0 Å². The average molecular weight is 267 g/mol. The Hall–Kier alpha value is -0.0500. The third kappa shape index (κ3) is 2.40. The van der Waals surface area contributed by atoms with Crippen LogP contribution in [0.15, 0.2) is 10.6 Å². The Morgan fingerprint density at radius 1 is 1.53 bits per heavy atom. The van der Waals surface area contributed by atoms with E-state index >= 15 is 0 Å². The molecule has 0 aliphatic carbocycles. The molecule has 8 heteroatoms. The number of carbonyl (C=O) groups excluding carboxylic acids is 2. The minimum Gasteiger partial charge on any atom is -0.543 e. The predicted octanol–water partition coefficient (Wildman–Crippen LogP) is -4.12. The quantitative estimate of drug-likeness (QED) is 0.292. The number of methoxy groups -OCH3 is 2. The van der Waals surface area contributed by atoms with E-state index in [9.17, 15) is 14.7 Å². The molecule has 0 N–H and O–H groups in total. The zero-order valence-electron chi connectivity index (χ0n) is 9.76. The third-order valence-electron chi connectivity index (χ3n) is 2.48. The van der Waals surface area contributed by atoms with Gasteiger partial charge in [0.15, 0.2) is 6.29 Å². The van der Waals surface area contributed by atoms with Gasteiger partial charge < -0.3 is 19.4 Å². The summed E-state index contributed by atoms with van der Waals surface area (Å²) in [5, 5.41) is 10.8. The summed E-state index contributed by atoms with van der Waals surface area (Å²) in [7, 11) is 2.82. The molecule has 2 heterocycles. The number of hydrogen-bond acceptors (Lipinski definition) is 6. The number of β-lactam (4-membered cyclic amide) rings is 1. The molecule has 2 aliphatic heterocycles. The van der Waals surface area contributed by atoms with E-state index in [1.165, 1.54) is 30.9 Å². The summed E-state index contributed by atoms with van der Waals surface area (Å²) in [5.74, 6) is -1.59. The minimum absolute atomic E-state index is 0. The Bertz CT molecular complexity index is 382. The maximum Gasteiger partial charge on any atom is 1.00 e. The van der Waals surface area contributed by atoms with Crippen molar-refractivity contribution >= 4 is 23.6 Å². The van der Waals surface area contributed by atoms with Crippen molar-refractivity contribution in [3.05, 3.63) is 10.6 Å². The molecule has 0 saturated carbocycles. The van der Waals surface area contributed by atoms with Crippen LogP contribution in [0.3, 0.4) is 0 Å². The molecule has 0 bridgehead atoms. The Labute approximate surface area is 125 Å². The number of nitrogens with zero attached hydrogens (tertiary/aromatic N) is 1. The van der Waals surface area contributed by atoms with Gasteiger partial charge in [-0.1, -0.05) is 11.8 Å². The SMILES string of the molecule is COC(OC)C1=C(C(=O)[O-])N2C(=O)C[C@@H]2S1.[Na+]. The predicted molar refractivity (Wildman–Crippen MR) is 52.7 cm³/mol. The molecule has 2 rings (SSSR count). The van der Waals surface area contributed by atoms with E-state index in [4.69, 9.17) is 9.47 Å². The van der Waals surface area contributed by atoms with Crippen LogP contribution >= 0.6 is 11.8 Å². The molecule has 1 atom stereocenters. The fourth-order valence-corrected chi connectivity index (χ4v) is 3.19. The maximum atomic E-state index is 11.3. The van der Waals surface area contributed by atoms with Gasteiger partial charge in [0.2, 0.25) is 5.91 Å². The van der Waals surface area contributed by atoms with E-state index < -0.39 is 12.3 Å². The van der Waals surface area contributed by atoms with Crippen molar-refractivity contribution in [2.45, 2.75) is 18.1 Å². The van der Waals surface area contributed by atoms with Crippen LogP contribution < -0.4 is 34.7 Å². The fourth-order valence-electron chi connectivity index (χ4n) is 1.75. The van der Waals surface area contributed by atoms with E-state index in [1.807, 2.05) is 0 Å². The van der Waals surface area contributed by atoms with Crippen LogP contribution in [0.5, 0.6) is 0 Å². The first-order chi connectivity index (χ1) is 7.60. The maximum absolute atomic E-state index is 11.3. The van der Waals surface area contributed by atoms with Crippen molar-refractivity contribution in [3.63, 3.8) is 0 Å². The zero-order chi connectivity index (χ0) is 11.9. The fraction of sp³-hybridized carbons (Fsp3) is 0.556. The molecule has 0 aromatic heterocycles. The number of carboxylic acid groups (broad SMARTS) is 1. The second kappa shape index (κ2) is 5.73. The zero-order valence-corrected chi connectivity index (χ0v) is 12.6. The van der Waals surface area contributed by atoms with Gasteiger partial charge in [0.1, 0.15) is 0 Å². The molecule has 17 heavy (non-hydrogen) atoms. The van der Waals surface area contributed by atoms with Crippen molar-refractivity contribution < 1.29 is 53.7 Å². The summed E-state index contributed by atoms with van der Waals surface area (Å²) >= 11 is 1.27. The Kier molecular flexibility index (Phi) is 5.06. The molecular formula is C9H10NNaO5S. The first-order valence-corrected chi connectivity index (χ1v) is 5.48. The van der Waals surface area contributed by atoms with Crippen LogP contribution in [-0.4, -0.2) is 42.7 Å². The van der Waals surface area contributed by atoms with Gasteiger partial charge in [-0.15, -0.1) is 0 Å². The number of hydrogen-bond donors (Lipinski definition) is 0. The molecule has 88 valence electrons. The summed E-state index contributed by atoms with van der Waals surface area (Å²) in [4.78, 5) is 23.9. The van der Waals surface area contributed by atoms with Crippen LogP contribution in [0.2, 0.25) is 0 Å². The van der Waals surface area contributed by atoms with Crippen LogP contribution in [0.25, 0.3) is 0 Å². The number of amides is 1. The molecular weight excluding hydrogens is 257 g/mol. The van der Waals surface area contributed by atoms with Gasteiger partial charge in [-0.05, 0) is 0 Å². The Morgan fingerprint density at radius 3 is 2.53 bits per heavy atom. The first kappa shape index (κ1) is 15.0. The number of thioether (sulfide) groups is 1. The standard InChI is InChI=1S/C9H11NO5S.Na/c1-14-9(15-2)7-6(8(12)13)10-4(11)3-5(10)16-7;/h5,9H,3H2,1-2H3,(H,12,13);/q;+1/p-1/t5-;/m0./s1. The van der Waals surface area contributed by atoms with Crippen molar-refractivity contribution in [2.24, 2.45) is 0 Å². The van der Waals surface area contributed by atoms with Crippen LogP contribution in [0.1, 0.15) is 6.42 Å². The molecule has 0 aromatic carbocycles.